The van der Waals surface area contributed by atoms with Gasteiger partial charge in [0, 0.05) is 36.5 Å². The van der Waals surface area contributed by atoms with Crippen LogP contribution in [0, 0.1) is 31.0 Å². The number of pyridine rings is 1. The van der Waals surface area contributed by atoms with Gasteiger partial charge in [0.05, 0.1) is 11.1 Å². The maximum atomic E-state index is 14.9. The average Bonchev–Trinajstić information content (AvgIpc) is 3.12. The molecule has 1 aromatic carbocycles. The number of terminal acetylenes is 1. The smallest absolute Gasteiger partial charge is 0.251 e. The first-order valence-electron chi connectivity index (χ1n) is 10.8. The lowest BCUT2D eigenvalue weighted by atomic mass is 9.96. The van der Waals surface area contributed by atoms with Crippen LogP contribution in [0.15, 0.2) is 36.8 Å². The van der Waals surface area contributed by atoms with Gasteiger partial charge in [0.25, 0.3) is 5.91 Å². The Balaban J connectivity index is 1.93. The molecule has 0 saturated heterocycles. The van der Waals surface area contributed by atoms with Crippen LogP contribution in [-0.4, -0.2) is 32.0 Å². The van der Waals surface area contributed by atoms with Crippen molar-refractivity contribution in [3.8, 4) is 34.7 Å². The summed E-state index contributed by atoms with van der Waals surface area (Å²) in [7, 11) is 1.83. The maximum Gasteiger partial charge on any atom is 0.251 e. The van der Waals surface area contributed by atoms with Crippen LogP contribution in [0.2, 0.25) is 0 Å². The predicted molar refractivity (Wildman–Crippen MR) is 131 cm³/mol. The van der Waals surface area contributed by atoms with Crippen molar-refractivity contribution in [3.05, 3.63) is 59.4 Å². The summed E-state index contributed by atoms with van der Waals surface area (Å²) in [5, 5.41) is 3.55. The molecule has 3 heterocycles. The first-order chi connectivity index (χ1) is 16.2. The minimum Gasteiger partial charge on any atom is -0.383 e. The molecular formula is C26H25FN6O. The predicted octanol–water partition coefficient (Wildman–Crippen LogP) is 4.09. The highest BCUT2D eigenvalue weighted by Gasteiger charge is 2.24. The molecule has 4 rings (SSSR count). The highest BCUT2D eigenvalue weighted by molar-refractivity contribution is 6.08. The van der Waals surface area contributed by atoms with Crippen LogP contribution in [0.3, 0.4) is 0 Å². The van der Waals surface area contributed by atoms with Gasteiger partial charge in [-0.3, -0.25) is 4.79 Å². The number of benzene rings is 1. The number of nitrogens with zero attached hydrogens (tertiary/aromatic N) is 4. The van der Waals surface area contributed by atoms with E-state index in [1.54, 1.807) is 25.3 Å². The monoisotopic (exact) mass is 456 g/mol. The Kier molecular flexibility index (Phi) is 6.03. The number of hydrogen-bond acceptors (Lipinski definition) is 5. The van der Waals surface area contributed by atoms with Crippen molar-refractivity contribution < 1.29 is 9.18 Å². The molecule has 172 valence electrons. The molecule has 8 heteroatoms. The molecule has 7 nitrogen and oxygen atoms in total. The van der Waals surface area contributed by atoms with Gasteiger partial charge < -0.3 is 15.6 Å². The zero-order valence-electron chi connectivity index (χ0n) is 19.5. The molecule has 0 bridgehead atoms. The van der Waals surface area contributed by atoms with Crippen LogP contribution in [0.1, 0.15) is 35.5 Å². The number of anilines is 1. The lowest BCUT2D eigenvalue weighted by molar-refractivity contribution is 0.0949. The third-order valence-corrected chi connectivity index (χ3v) is 5.76. The van der Waals surface area contributed by atoms with Gasteiger partial charge in [-0.15, -0.1) is 6.42 Å². The van der Waals surface area contributed by atoms with Crippen LogP contribution < -0.4 is 11.1 Å². The molecule has 34 heavy (non-hydrogen) atoms. The Morgan fingerprint density at radius 3 is 2.59 bits per heavy atom. The van der Waals surface area contributed by atoms with Gasteiger partial charge in [-0.25, -0.2) is 19.3 Å². The maximum absolute atomic E-state index is 14.9. The molecule has 0 fully saturated rings. The summed E-state index contributed by atoms with van der Waals surface area (Å²) >= 11 is 0. The van der Waals surface area contributed by atoms with E-state index in [4.69, 9.17) is 12.2 Å². The number of halogens is 1. The van der Waals surface area contributed by atoms with Crippen molar-refractivity contribution in [2.45, 2.75) is 20.8 Å². The Morgan fingerprint density at radius 1 is 1.24 bits per heavy atom. The van der Waals surface area contributed by atoms with Crippen molar-refractivity contribution in [2.75, 3.05) is 12.3 Å². The van der Waals surface area contributed by atoms with Crippen LogP contribution in [0.5, 0.6) is 0 Å². The summed E-state index contributed by atoms with van der Waals surface area (Å²) in [6, 6.07) is 7.18. The normalized spacial score (nSPS) is 11.1. The van der Waals surface area contributed by atoms with Crippen molar-refractivity contribution in [3.63, 3.8) is 0 Å². The van der Waals surface area contributed by atoms with Gasteiger partial charge >= 0.3 is 0 Å². The summed E-state index contributed by atoms with van der Waals surface area (Å²) in [5.41, 5.74) is 10.5. The molecule has 0 unspecified atom stereocenters. The third kappa shape index (κ3) is 3.86. The fourth-order valence-electron chi connectivity index (χ4n) is 3.98. The van der Waals surface area contributed by atoms with E-state index in [9.17, 15) is 9.18 Å². The number of rotatable bonds is 5. The van der Waals surface area contributed by atoms with E-state index >= 15 is 0 Å². The zero-order chi connectivity index (χ0) is 24.6. The number of fused-ring (bicyclic) bond motifs is 1. The first-order valence-corrected chi connectivity index (χ1v) is 10.8. The van der Waals surface area contributed by atoms with Crippen molar-refractivity contribution in [1.29, 1.82) is 0 Å². The summed E-state index contributed by atoms with van der Waals surface area (Å²) in [4.78, 5) is 25.2. The van der Waals surface area contributed by atoms with Gasteiger partial charge in [-0.2, -0.15) is 0 Å². The number of nitrogen functional groups attached to an aromatic ring is 1. The molecule has 3 N–H and O–H groups in total. The Morgan fingerprint density at radius 2 is 1.94 bits per heavy atom. The Labute approximate surface area is 197 Å². The highest BCUT2D eigenvalue weighted by atomic mass is 19.1. The van der Waals surface area contributed by atoms with Crippen LogP contribution in [0.25, 0.3) is 33.4 Å². The second-order valence-corrected chi connectivity index (χ2v) is 8.53. The molecule has 0 aliphatic rings. The van der Waals surface area contributed by atoms with E-state index in [2.05, 4.69) is 26.2 Å². The number of hydrogen-bond donors (Lipinski definition) is 2. The Bertz CT molecular complexity index is 1450. The fraction of sp³-hybridized carbons (Fsp3) is 0.231. The number of nitrogens with one attached hydrogen (secondary N) is 1. The van der Waals surface area contributed by atoms with Crippen molar-refractivity contribution >= 4 is 22.8 Å². The molecule has 0 spiro atoms. The third-order valence-electron chi connectivity index (χ3n) is 5.76. The summed E-state index contributed by atoms with van der Waals surface area (Å²) in [5.74, 6) is 2.23. The van der Waals surface area contributed by atoms with Crippen molar-refractivity contribution in [1.82, 2.24) is 24.8 Å². The van der Waals surface area contributed by atoms with Gasteiger partial charge in [-0.1, -0.05) is 26.0 Å². The van der Waals surface area contributed by atoms with Crippen LogP contribution in [-0.2, 0) is 7.05 Å². The minimum atomic E-state index is -0.549. The zero-order valence-corrected chi connectivity index (χ0v) is 19.5. The SMILES string of the molecule is C#Cc1ncc(-c2c(-c3ccc(C(=O)NCC(C)C)cc3)c3c(N)ncnc3n2C)c(C)c1F. The second kappa shape index (κ2) is 8.94. The lowest BCUT2D eigenvalue weighted by Crippen LogP contribution is -2.27. The molecule has 0 aliphatic carbocycles. The fourth-order valence-corrected chi connectivity index (χ4v) is 3.98. The number of carbonyl (C=O) groups excluding carboxylic acids is 1. The number of aryl methyl sites for hydroxylation is 1. The molecule has 0 saturated carbocycles. The Hall–Kier alpha value is -4.25. The quantitative estimate of drug-likeness (QED) is 0.441. The molecule has 0 aliphatic heterocycles. The van der Waals surface area contributed by atoms with E-state index in [0.29, 0.717) is 51.7 Å². The van der Waals surface area contributed by atoms with E-state index in [1.165, 1.54) is 6.33 Å². The minimum absolute atomic E-state index is 0.0439. The summed E-state index contributed by atoms with van der Waals surface area (Å²) in [6.07, 6.45) is 8.34. The van der Waals surface area contributed by atoms with E-state index in [0.717, 1.165) is 11.1 Å². The molecule has 0 atom stereocenters. The topological polar surface area (TPSA) is 98.7 Å². The van der Waals surface area contributed by atoms with Crippen molar-refractivity contribution in [2.24, 2.45) is 13.0 Å². The lowest BCUT2D eigenvalue weighted by Gasteiger charge is -2.13. The standard InChI is InChI=1S/C26H25FN6O/c1-6-19-22(27)15(4)18(12-29-19)23-20(21-24(28)31-13-32-25(21)33(23)5)16-7-9-17(10-8-16)26(34)30-11-14(2)3/h1,7-10,12-14H,11H2,2-5H3,(H,30,34)(H2,28,31,32). The molecule has 0 radical (unpaired) electrons. The average molecular weight is 457 g/mol. The first kappa shape index (κ1) is 22.9. The van der Waals surface area contributed by atoms with Gasteiger partial charge in [-0.05, 0) is 42.0 Å². The number of carbonyl (C=O) groups is 1. The van der Waals surface area contributed by atoms with Gasteiger partial charge in [0.2, 0.25) is 0 Å². The molecule has 3 aromatic heterocycles. The number of aromatic nitrogens is 4. The second-order valence-electron chi connectivity index (χ2n) is 8.53. The van der Waals surface area contributed by atoms with E-state index in [-0.39, 0.29) is 11.6 Å². The highest BCUT2D eigenvalue weighted by Crippen LogP contribution is 2.42. The molecule has 4 aromatic rings. The van der Waals surface area contributed by atoms with Crippen LogP contribution in [0.4, 0.5) is 10.2 Å². The van der Waals surface area contributed by atoms with E-state index < -0.39 is 5.82 Å². The van der Waals surface area contributed by atoms with Gasteiger partial charge in [0.1, 0.15) is 23.5 Å². The largest absolute Gasteiger partial charge is 0.383 e. The number of nitrogens with two attached hydrogens (primary N) is 1. The molecular weight excluding hydrogens is 431 g/mol. The van der Waals surface area contributed by atoms with Gasteiger partial charge in [0.15, 0.2) is 5.82 Å². The number of amides is 1. The van der Waals surface area contributed by atoms with Crippen LogP contribution >= 0.6 is 0 Å². The summed E-state index contributed by atoms with van der Waals surface area (Å²) in [6.45, 7) is 6.32. The summed E-state index contributed by atoms with van der Waals surface area (Å²) < 4.78 is 16.7. The molecule has 1 amide bonds. The van der Waals surface area contributed by atoms with E-state index in [1.807, 2.05) is 37.6 Å².